The van der Waals surface area contributed by atoms with Gasteiger partial charge < -0.3 is 10.2 Å². The van der Waals surface area contributed by atoms with Crippen LogP contribution in [-0.2, 0) is 4.43 Å². The van der Waals surface area contributed by atoms with Gasteiger partial charge in [0.25, 0.3) is 0 Å². The number of rotatable bonds is 6. The molecule has 0 aromatic heterocycles. The lowest BCUT2D eigenvalue weighted by Crippen LogP contribution is -2.42. The SMILES string of the molecule is C=CC[C@@H](CN)CO[Si](C)(C)C(C)(C)C. The Morgan fingerprint density at radius 1 is 1.40 bits per heavy atom. The van der Waals surface area contributed by atoms with Gasteiger partial charge in [-0.3, -0.25) is 0 Å². The van der Waals surface area contributed by atoms with E-state index in [0.29, 0.717) is 12.5 Å². The van der Waals surface area contributed by atoms with Crippen molar-refractivity contribution in [3.63, 3.8) is 0 Å². The van der Waals surface area contributed by atoms with Crippen LogP contribution >= 0.6 is 0 Å². The van der Waals surface area contributed by atoms with Crippen molar-refractivity contribution >= 4 is 8.32 Å². The van der Waals surface area contributed by atoms with E-state index in [9.17, 15) is 0 Å². The maximum atomic E-state index is 6.11. The quantitative estimate of drug-likeness (QED) is 0.561. The van der Waals surface area contributed by atoms with E-state index < -0.39 is 8.32 Å². The zero-order chi connectivity index (χ0) is 12.1. The summed E-state index contributed by atoms with van der Waals surface area (Å²) >= 11 is 0. The van der Waals surface area contributed by atoms with Gasteiger partial charge in [0, 0.05) is 6.61 Å². The fourth-order valence-electron chi connectivity index (χ4n) is 1.01. The van der Waals surface area contributed by atoms with E-state index in [1.165, 1.54) is 0 Å². The Bertz CT molecular complexity index is 196. The predicted molar refractivity (Wildman–Crippen MR) is 70.5 cm³/mol. The zero-order valence-corrected chi connectivity index (χ0v) is 12.0. The van der Waals surface area contributed by atoms with Crippen LogP contribution in [0.25, 0.3) is 0 Å². The molecule has 0 radical (unpaired) electrons. The molecule has 0 aromatic rings. The number of allylic oxidation sites excluding steroid dienone is 1. The lowest BCUT2D eigenvalue weighted by molar-refractivity contribution is 0.232. The minimum atomic E-state index is -1.60. The van der Waals surface area contributed by atoms with Gasteiger partial charge in [-0.15, -0.1) is 6.58 Å². The van der Waals surface area contributed by atoms with Crippen molar-refractivity contribution in [2.45, 2.75) is 45.3 Å². The van der Waals surface area contributed by atoms with Crippen molar-refractivity contribution in [2.24, 2.45) is 11.7 Å². The maximum absolute atomic E-state index is 6.11. The molecule has 0 saturated carbocycles. The average molecular weight is 229 g/mol. The van der Waals surface area contributed by atoms with Gasteiger partial charge in [-0.25, -0.2) is 0 Å². The molecule has 0 amide bonds. The summed E-state index contributed by atoms with van der Waals surface area (Å²) in [7, 11) is -1.60. The van der Waals surface area contributed by atoms with Crippen molar-refractivity contribution in [3.8, 4) is 0 Å². The molecule has 0 aliphatic heterocycles. The Hall–Kier alpha value is -0.123. The summed E-state index contributed by atoms with van der Waals surface area (Å²) in [5.74, 6) is 0.427. The Morgan fingerprint density at radius 2 is 1.93 bits per heavy atom. The summed E-state index contributed by atoms with van der Waals surface area (Å²) in [4.78, 5) is 0. The second-order valence-corrected chi connectivity index (χ2v) is 10.5. The molecule has 0 bridgehead atoms. The summed E-state index contributed by atoms with van der Waals surface area (Å²) in [6.07, 6.45) is 2.87. The average Bonchev–Trinajstić information content (AvgIpc) is 2.10. The highest BCUT2D eigenvalue weighted by Gasteiger charge is 2.37. The minimum Gasteiger partial charge on any atom is -0.416 e. The summed E-state index contributed by atoms with van der Waals surface area (Å²) < 4.78 is 6.11. The molecule has 15 heavy (non-hydrogen) atoms. The Labute approximate surface area is 96.0 Å². The first-order valence-corrected chi connectivity index (χ1v) is 8.60. The molecule has 3 heteroatoms. The second-order valence-electron chi connectivity index (χ2n) is 5.70. The van der Waals surface area contributed by atoms with Crippen LogP contribution < -0.4 is 5.73 Å². The fraction of sp³-hybridized carbons (Fsp3) is 0.833. The Balaban J connectivity index is 4.18. The summed E-state index contributed by atoms with van der Waals surface area (Å²) in [6, 6.07) is 0. The first kappa shape index (κ1) is 14.9. The number of hydrogen-bond donors (Lipinski definition) is 1. The van der Waals surface area contributed by atoms with Crippen LogP contribution in [0.4, 0.5) is 0 Å². The van der Waals surface area contributed by atoms with E-state index in [1.54, 1.807) is 0 Å². The molecule has 0 fully saturated rings. The molecule has 1 atom stereocenters. The van der Waals surface area contributed by atoms with Gasteiger partial charge in [-0.1, -0.05) is 26.8 Å². The van der Waals surface area contributed by atoms with Crippen LogP contribution in [-0.4, -0.2) is 21.5 Å². The number of nitrogens with two attached hydrogens (primary N) is 1. The topological polar surface area (TPSA) is 35.2 Å². The van der Waals surface area contributed by atoms with E-state index in [2.05, 4.69) is 40.4 Å². The van der Waals surface area contributed by atoms with Gasteiger partial charge in [0.15, 0.2) is 8.32 Å². The Kier molecular flexibility index (Phi) is 5.78. The molecule has 0 aromatic carbocycles. The van der Waals surface area contributed by atoms with Crippen LogP contribution in [0.3, 0.4) is 0 Å². The van der Waals surface area contributed by atoms with Crippen molar-refractivity contribution in [1.82, 2.24) is 0 Å². The molecule has 0 heterocycles. The van der Waals surface area contributed by atoms with Crippen molar-refractivity contribution in [2.75, 3.05) is 13.2 Å². The molecule has 0 aliphatic rings. The molecule has 0 spiro atoms. The highest BCUT2D eigenvalue weighted by Crippen LogP contribution is 2.36. The summed E-state index contributed by atoms with van der Waals surface area (Å²) in [5, 5.41) is 0.278. The van der Waals surface area contributed by atoms with Gasteiger partial charge in [-0.05, 0) is 37.0 Å². The van der Waals surface area contributed by atoms with Crippen LogP contribution in [0.1, 0.15) is 27.2 Å². The third-order valence-corrected chi connectivity index (χ3v) is 7.82. The lowest BCUT2D eigenvalue weighted by Gasteiger charge is -2.37. The van der Waals surface area contributed by atoms with Crippen LogP contribution in [0.2, 0.25) is 18.1 Å². The lowest BCUT2D eigenvalue weighted by atomic mass is 10.1. The van der Waals surface area contributed by atoms with Crippen molar-refractivity contribution in [1.29, 1.82) is 0 Å². The normalized spacial score (nSPS) is 15.1. The van der Waals surface area contributed by atoms with E-state index >= 15 is 0 Å². The molecular formula is C12H27NOSi. The van der Waals surface area contributed by atoms with E-state index in [0.717, 1.165) is 13.0 Å². The smallest absolute Gasteiger partial charge is 0.191 e. The third kappa shape index (κ3) is 4.95. The first-order chi connectivity index (χ1) is 6.74. The third-order valence-electron chi connectivity index (χ3n) is 3.32. The van der Waals surface area contributed by atoms with Crippen molar-refractivity contribution < 1.29 is 4.43 Å². The van der Waals surface area contributed by atoms with Gasteiger partial charge in [0.2, 0.25) is 0 Å². The maximum Gasteiger partial charge on any atom is 0.191 e. The molecule has 0 saturated heterocycles. The molecule has 2 nitrogen and oxygen atoms in total. The highest BCUT2D eigenvalue weighted by molar-refractivity contribution is 6.74. The molecule has 2 N–H and O–H groups in total. The van der Waals surface area contributed by atoms with E-state index in [-0.39, 0.29) is 5.04 Å². The van der Waals surface area contributed by atoms with Gasteiger partial charge in [-0.2, -0.15) is 0 Å². The van der Waals surface area contributed by atoms with Crippen molar-refractivity contribution in [3.05, 3.63) is 12.7 Å². The largest absolute Gasteiger partial charge is 0.416 e. The summed E-state index contributed by atoms with van der Waals surface area (Å²) in [5.41, 5.74) is 5.68. The molecule has 0 unspecified atom stereocenters. The molecule has 0 aliphatic carbocycles. The van der Waals surface area contributed by atoms with Crippen LogP contribution in [0, 0.1) is 5.92 Å². The van der Waals surface area contributed by atoms with Crippen LogP contribution in [0.5, 0.6) is 0 Å². The summed E-state index contributed by atoms with van der Waals surface area (Å²) in [6.45, 7) is 16.5. The fourth-order valence-corrected chi connectivity index (χ4v) is 2.10. The highest BCUT2D eigenvalue weighted by atomic mass is 28.4. The van der Waals surface area contributed by atoms with Gasteiger partial charge >= 0.3 is 0 Å². The second kappa shape index (κ2) is 5.82. The van der Waals surface area contributed by atoms with Crippen LogP contribution in [0.15, 0.2) is 12.7 Å². The predicted octanol–water partition coefficient (Wildman–Crippen LogP) is 3.16. The van der Waals surface area contributed by atoms with Gasteiger partial charge in [0.1, 0.15) is 0 Å². The zero-order valence-electron chi connectivity index (χ0n) is 11.0. The molecule has 0 rings (SSSR count). The molecular weight excluding hydrogens is 202 g/mol. The first-order valence-electron chi connectivity index (χ1n) is 5.69. The molecule has 90 valence electrons. The van der Waals surface area contributed by atoms with Gasteiger partial charge in [0.05, 0.1) is 0 Å². The minimum absolute atomic E-state index is 0.278. The standard InChI is InChI=1S/C12H27NOSi/c1-7-8-11(9-13)10-14-15(5,6)12(2,3)4/h7,11H,1,8-10,13H2,2-6H3/t11-/m0/s1. The monoisotopic (exact) mass is 229 g/mol. The Morgan fingerprint density at radius 3 is 2.27 bits per heavy atom. The van der Waals surface area contributed by atoms with E-state index in [4.69, 9.17) is 10.2 Å². The number of hydrogen-bond acceptors (Lipinski definition) is 2. The van der Waals surface area contributed by atoms with E-state index in [1.807, 2.05) is 6.08 Å².